The third-order valence-electron chi connectivity index (χ3n) is 1.84. The van der Waals surface area contributed by atoms with Gasteiger partial charge in [0.1, 0.15) is 0 Å². The summed E-state index contributed by atoms with van der Waals surface area (Å²) >= 11 is 0. The van der Waals surface area contributed by atoms with Crippen LogP contribution in [0.2, 0.25) is 0 Å². The maximum Gasteiger partial charge on any atom is 0.347 e. The second-order valence-electron chi connectivity index (χ2n) is 3.29. The van der Waals surface area contributed by atoms with E-state index in [2.05, 4.69) is 4.74 Å². The highest BCUT2D eigenvalue weighted by molar-refractivity contribution is 6.00. The van der Waals surface area contributed by atoms with Crippen molar-refractivity contribution in [1.29, 1.82) is 0 Å². The molecule has 0 spiro atoms. The summed E-state index contributed by atoms with van der Waals surface area (Å²) in [6, 6.07) is 6.96. The molecule has 0 unspecified atom stereocenters. The molecule has 0 heterocycles. The first-order valence-electron chi connectivity index (χ1n) is 4.51. The van der Waals surface area contributed by atoms with Gasteiger partial charge in [0, 0.05) is 21.0 Å². The summed E-state index contributed by atoms with van der Waals surface area (Å²) in [4.78, 5) is 24.0. The fraction of sp³-hybridized carbons (Fsp3) is 0.273. The van der Waals surface area contributed by atoms with Crippen molar-refractivity contribution in [2.75, 3.05) is 19.0 Å². The lowest BCUT2D eigenvalue weighted by Gasteiger charge is -2.15. The molecule has 15 heavy (non-hydrogen) atoms. The zero-order valence-electron chi connectivity index (χ0n) is 8.98. The molecule has 0 N–H and O–H groups in total. The predicted molar refractivity (Wildman–Crippen MR) is 56.9 cm³/mol. The molecule has 4 nitrogen and oxygen atoms in total. The molecule has 0 aliphatic carbocycles. The fourth-order valence-electron chi connectivity index (χ4n) is 1.22. The Bertz CT molecular complexity index is 385. The van der Waals surface area contributed by atoms with Crippen LogP contribution < -0.4 is 4.90 Å². The Morgan fingerprint density at radius 3 is 2.33 bits per heavy atom. The molecule has 0 bridgehead atoms. The quantitative estimate of drug-likeness (QED) is 0.544. The van der Waals surface area contributed by atoms with Gasteiger partial charge >= 0.3 is 11.9 Å². The Kier molecular flexibility index (Phi) is 3.44. The van der Waals surface area contributed by atoms with E-state index < -0.39 is 11.9 Å². The monoisotopic (exact) mass is 207 g/mol. The summed E-state index contributed by atoms with van der Waals surface area (Å²) in [5, 5.41) is 0. The lowest BCUT2D eigenvalue weighted by atomic mass is 10.1. The van der Waals surface area contributed by atoms with Crippen molar-refractivity contribution in [3.63, 3.8) is 0 Å². The molecule has 1 aromatic rings. The second-order valence-corrected chi connectivity index (χ2v) is 3.29. The molecule has 0 amide bonds. The third kappa shape index (κ3) is 2.80. The molecule has 0 aromatic heterocycles. The van der Waals surface area contributed by atoms with Crippen LogP contribution in [0, 0.1) is 0 Å². The Balaban J connectivity index is 3.02. The molecule has 0 aliphatic rings. The number of ether oxygens (including phenoxy) is 1. The summed E-state index contributed by atoms with van der Waals surface area (Å²) in [7, 11) is 3.64. The number of esters is 2. The number of carbonyl (C=O) groups excluding carboxylic acids is 2. The van der Waals surface area contributed by atoms with Crippen molar-refractivity contribution in [3.05, 3.63) is 29.8 Å². The topological polar surface area (TPSA) is 46.6 Å². The van der Waals surface area contributed by atoms with Crippen molar-refractivity contribution in [2.45, 2.75) is 6.92 Å². The van der Waals surface area contributed by atoms with Crippen LogP contribution in [0.1, 0.15) is 17.3 Å². The minimum absolute atomic E-state index is 0.387. The van der Waals surface area contributed by atoms with Crippen molar-refractivity contribution >= 4 is 17.6 Å². The van der Waals surface area contributed by atoms with Crippen molar-refractivity contribution in [1.82, 2.24) is 0 Å². The minimum atomic E-state index is -0.619. The Hall–Kier alpha value is -1.84. The van der Waals surface area contributed by atoms with Gasteiger partial charge in [0.15, 0.2) is 0 Å². The molecular formula is C11H13NO3. The lowest BCUT2D eigenvalue weighted by Crippen LogP contribution is -2.16. The van der Waals surface area contributed by atoms with Crippen LogP contribution in [0.25, 0.3) is 0 Å². The van der Waals surface area contributed by atoms with Crippen molar-refractivity contribution in [2.24, 2.45) is 0 Å². The Labute approximate surface area is 88.5 Å². The molecule has 0 saturated heterocycles. The molecule has 1 aromatic carbocycles. The van der Waals surface area contributed by atoms with Crippen LogP contribution >= 0.6 is 0 Å². The molecule has 80 valence electrons. The van der Waals surface area contributed by atoms with E-state index in [9.17, 15) is 9.59 Å². The average Bonchev–Trinajstić information content (AvgIpc) is 2.16. The van der Waals surface area contributed by atoms with Gasteiger partial charge in [-0.05, 0) is 12.1 Å². The molecule has 4 heteroatoms. The SMILES string of the molecule is CC(=O)OC(=O)c1ccccc1N(C)C. The molecular weight excluding hydrogens is 194 g/mol. The van der Waals surface area contributed by atoms with Gasteiger partial charge in [-0.25, -0.2) is 4.79 Å². The molecule has 0 aliphatic heterocycles. The van der Waals surface area contributed by atoms with Crippen molar-refractivity contribution < 1.29 is 14.3 Å². The highest BCUT2D eigenvalue weighted by atomic mass is 16.6. The van der Waals surface area contributed by atoms with Gasteiger partial charge in [0.25, 0.3) is 0 Å². The number of carbonyl (C=O) groups is 2. The molecule has 0 saturated carbocycles. The number of hydrogen-bond donors (Lipinski definition) is 0. The molecule has 0 fully saturated rings. The highest BCUT2D eigenvalue weighted by Crippen LogP contribution is 2.18. The first-order chi connectivity index (χ1) is 7.02. The zero-order valence-corrected chi connectivity index (χ0v) is 8.98. The summed E-state index contributed by atoms with van der Waals surface area (Å²) in [5.74, 6) is -1.22. The number of benzene rings is 1. The largest absolute Gasteiger partial charge is 0.390 e. The van der Waals surface area contributed by atoms with Crippen LogP contribution in [0.4, 0.5) is 5.69 Å². The van der Waals surface area contributed by atoms with Crippen LogP contribution in [0.3, 0.4) is 0 Å². The predicted octanol–water partition coefficient (Wildman–Crippen LogP) is 1.46. The average molecular weight is 207 g/mol. The van der Waals surface area contributed by atoms with Gasteiger partial charge in [0.05, 0.1) is 11.3 Å². The number of hydrogen-bond acceptors (Lipinski definition) is 4. The van der Waals surface area contributed by atoms with Crippen LogP contribution in [0.5, 0.6) is 0 Å². The number of nitrogens with zero attached hydrogens (tertiary/aromatic N) is 1. The van der Waals surface area contributed by atoms with Gasteiger partial charge < -0.3 is 9.64 Å². The maximum absolute atomic E-state index is 11.5. The Morgan fingerprint density at radius 1 is 1.20 bits per heavy atom. The van der Waals surface area contributed by atoms with E-state index in [1.54, 1.807) is 23.1 Å². The van der Waals surface area contributed by atoms with Gasteiger partial charge in [-0.2, -0.15) is 0 Å². The molecule has 0 atom stereocenters. The smallest absolute Gasteiger partial charge is 0.347 e. The van der Waals surface area contributed by atoms with E-state index in [1.807, 2.05) is 20.2 Å². The van der Waals surface area contributed by atoms with E-state index in [1.165, 1.54) is 6.92 Å². The standard InChI is InChI=1S/C11H13NO3/c1-8(13)15-11(14)9-6-4-5-7-10(9)12(2)3/h4-7H,1-3H3. The zero-order chi connectivity index (χ0) is 11.4. The summed E-state index contributed by atoms with van der Waals surface area (Å²) in [6.07, 6.45) is 0. The Morgan fingerprint density at radius 2 is 1.80 bits per heavy atom. The first kappa shape index (κ1) is 11.2. The summed E-state index contributed by atoms with van der Waals surface area (Å²) in [6.45, 7) is 1.20. The van der Waals surface area contributed by atoms with E-state index in [-0.39, 0.29) is 0 Å². The summed E-state index contributed by atoms with van der Waals surface area (Å²) in [5.41, 5.74) is 1.11. The number of para-hydroxylation sites is 1. The summed E-state index contributed by atoms with van der Waals surface area (Å²) < 4.78 is 4.52. The lowest BCUT2D eigenvalue weighted by molar-refractivity contribution is -0.135. The van der Waals surface area contributed by atoms with Crippen LogP contribution in [-0.4, -0.2) is 26.0 Å². The van der Waals surface area contributed by atoms with Gasteiger partial charge in [-0.3, -0.25) is 4.79 Å². The molecule has 1 rings (SSSR count). The van der Waals surface area contributed by atoms with Crippen LogP contribution in [0.15, 0.2) is 24.3 Å². The maximum atomic E-state index is 11.5. The highest BCUT2D eigenvalue weighted by Gasteiger charge is 2.14. The first-order valence-corrected chi connectivity index (χ1v) is 4.51. The van der Waals surface area contributed by atoms with Gasteiger partial charge in [-0.1, -0.05) is 12.1 Å². The third-order valence-corrected chi connectivity index (χ3v) is 1.84. The van der Waals surface area contributed by atoms with Crippen molar-refractivity contribution in [3.8, 4) is 0 Å². The normalized spacial score (nSPS) is 9.53. The van der Waals surface area contributed by atoms with E-state index >= 15 is 0 Å². The van der Waals surface area contributed by atoms with E-state index in [4.69, 9.17) is 0 Å². The van der Waals surface area contributed by atoms with Crippen LogP contribution in [-0.2, 0) is 9.53 Å². The van der Waals surface area contributed by atoms with Gasteiger partial charge in [0.2, 0.25) is 0 Å². The second kappa shape index (κ2) is 4.59. The fourth-order valence-corrected chi connectivity index (χ4v) is 1.22. The number of anilines is 1. The van der Waals surface area contributed by atoms with E-state index in [0.717, 1.165) is 5.69 Å². The minimum Gasteiger partial charge on any atom is -0.390 e. The molecule has 0 radical (unpaired) electrons. The van der Waals surface area contributed by atoms with E-state index in [0.29, 0.717) is 5.56 Å². The van der Waals surface area contributed by atoms with Gasteiger partial charge in [-0.15, -0.1) is 0 Å². The number of rotatable bonds is 2.